The number of piperidine rings is 1. The maximum atomic E-state index is 14.1. The van der Waals surface area contributed by atoms with Gasteiger partial charge < -0.3 is 19.5 Å². The lowest BCUT2D eigenvalue weighted by molar-refractivity contribution is -0.143. The Kier molecular flexibility index (Phi) is 10.6. The van der Waals surface area contributed by atoms with Crippen LogP contribution in [0.15, 0.2) is 36.4 Å². The molecule has 1 amide bonds. The number of methoxy groups -OCH3 is 1. The van der Waals surface area contributed by atoms with Crippen LogP contribution in [0.4, 0.5) is 0 Å². The number of phenols is 1. The van der Waals surface area contributed by atoms with Crippen molar-refractivity contribution in [3.63, 3.8) is 0 Å². The highest BCUT2D eigenvalue weighted by atomic mass is 16.5. The van der Waals surface area contributed by atoms with Crippen LogP contribution in [0.25, 0.3) is 0 Å². The summed E-state index contributed by atoms with van der Waals surface area (Å²) in [6.07, 6.45) is 20.4. The molecule has 0 aromatic heterocycles. The number of aromatic hydroxyl groups is 1. The van der Waals surface area contributed by atoms with Crippen molar-refractivity contribution < 1.29 is 19.4 Å². The zero-order chi connectivity index (χ0) is 33.1. The Bertz CT molecular complexity index is 1390. The summed E-state index contributed by atoms with van der Waals surface area (Å²) >= 11 is 0. The number of carbonyl (C=O) groups excluding carboxylic acids is 1. The fourth-order valence-electron chi connectivity index (χ4n) is 10.2. The van der Waals surface area contributed by atoms with E-state index < -0.39 is 0 Å². The number of phenolic OH excluding ortho intramolecular Hbond substituents is 1. The summed E-state index contributed by atoms with van der Waals surface area (Å²) in [5, 5.41) is 11.4. The first-order chi connectivity index (χ1) is 23.5. The SMILES string of the molecule is CCCCN(C(=O)CCCCCCCCCCc1ccccc1)[C@@H]1CC[C@H]2[C@H]3Cc4c(O)cc(OC)c5c4[C@@]2(CCN3CC2CC2)[C@H]1O5. The monoisotopic (exact) mass is 656 g/mol. The van der Waals surface area contributed by atoms with Crippen LogP contribution in [0.1, 0.15) is 126 Å². The topological polar surface area (TPSA) is 62.2 Å². The molecule has 2 saturated carbocycles. The lowest BCUT2D eigenvalue weighted by Crippen LogP contribution is -2.69. The smallest absolute Gasteiger partial charge is 0.222 e. The van der Waals surface area contributed by atoms with Crippen molar-refractivity contribution in [2.75, 3.05) is 26.7 Å². The number of hydrogen-bond donors (Lipinski definition) is 1. The third-order valence-electron chi connectivity index (χ3n) is 12.8. The van der Waals surface area contributed by atoms with Gasteiger partial charge >= 0.3 is 0 Å². The van der Waals surface area contributed by atoms with E-state index in [2.05, 4.69) is 47.1 Å². The zero-order valence-corrected chi connectivity index (χ0v) is 29.8. The summed E-state index contributed by atoms with van der Waals surface area (Å²) in [5.74, 6) is 3.52. The van der Waals surface area contributed by atoms with Crippen LogP contribution in [0, 0.1) is 11.8 Å². The molecule has 2 aromatic carbocycles. The van der Waals surface area contributed by atoms with Crippen molar-refractivity contribution in [3.8, 4) is 17.2 Å². The van der Waals surface area contributed by atoms with E-state index in [1.165, 1.54) is 75.5 Å². The minimum atomic E-state index is -0.158. The zero-order valence-electron chi connectivity index (χ0n) is 29.8. The van der Waals surface area contributed by atoms with E-state index in [1.54, 1.807) is 13.2 Å². The number of unbranched alkanes of at least 4 members (excludes halogenated alkanes) is 8. The number of rotatable bonds is 18. The first-order valence-electron chi connectivity index (χ1n) is 19.7. The molecule has 0 unspecified atom stereocenters. The Morgan fingerprint density at radius 3 is 2.48 bits per heavy atom. The summed E-state index contributed by atoms with van der Waals surface area (Å²) in [4.78, 5) is 19.1. The summed E-state index contributed by atoms with van der Waals surface area (Å²) < 4.78 is 12.9. The Labute approximate surface area is 289 Å². The fraction of sp³-hybridized carbons (Fsp3) is 0.690. The normalized spacial score (nSPS) is 27.0. The third-order valence-corrected chi connectivity index (χ3v) is 12.8. The van der Waals surface area contributed by atoms with Crippen molar-refractivity contribution >= 4 is 5.91 Å². The van der Waals surface area contributed by atoms with Crippen molar-refractivity contribution in [1.82, 2.24) is 9.80 Å². The van der Waals surface area contributed by atoms with Gasteiger partial charge in [-0.15, -0.1) is 0 Å². The van der Waals surface area contributed by atoms with Gasteiger partial charge in [0.2, 0.25) is 5.91 Å². The predicted octanol–water partition coefficient (Wildman–Crippen LogP) is 8.60. The number of carbonyl (C=O) groups is 1. The van der Waals surface area contributed by atoms with Gasteiger partial charge in [-0.1, -0.05) is 82.2 Å². The largest absolute Gasteiger partial charge is 0.508 e. The Hall–Kier alpha value is -2.73. The Morgan fingerprint density at radius 1 is 1.00 bits per heavy atom. The van der Waals surface area contributed by atoms with E-state index in [1.807, 2.05) is 0 Å². The van der Waals surface area contributed by atoms with Gasteiger partial charge in [-0.3, -0.25) is 9.69 Å². The maximum absolute atomic E-state index is 14.1. The second-order valence-corrected chi connectivity index (χ2v) is 15.8. The Morgan fingerprint density at radius 2 is 1.75 bits per heavy atom. The van der Waals surface area contributed by atoms with Gasteiger partial charge in [0.1, 0.15) is 11.9 Å². The summed E-state index contributed by atoms with van der Waals surface area (Å²) in [5.41, 5.74) is 3.60. The van der Waals surface area contributed by atoms with Crippen LogP contribution in [-0.2, 0) is 23.1 Å². The van der Waals surface area contributed by atoms with E-state index >= 15 is 0 Å². The molecule has 5 aliphatic rings. The molecule has 3 aliphatic carbocycles. The minimum Gasteiger partial charge on any atom is -0.508 e. The van der Waals surface area contributed by atoms with E-state index in [0.717, 1.165) is 81.7 Å². The van der Waals surface area contributed by atoms with E-state index in [0.29, 0.717) is 35.8 Å². The van der Waals surface area contributed by atoms with Crippen LogP contribution >= 0.6 is 0 Å². The molecule has 3 fully saturated rings. The highest BCUT2D eigenvalue weighted by molar-refractivity contribution is 5.77. The van der Waals surface area contributed by atoms with Gasteiger partial charge in [-0.25, -0.2) is 0 Å². The van der Waals surface area contributed by atoms with E-state index in [-0.39, 0.29) is 17.6 Å². The number of nitrogens with zero attached hydrogens (tertiary/aromatic N) is 2. The van der Waals surface area contributed by atoms with Gasteiger partial charge in [0.25, 0.3) is 0 Å². The molecule has 7 rings (SSSR count). The number of ether oxygens (including phenoxy) is 2. The lowest BCUT2D eigenvalue weighted by Gasteiger charge is -2.60. The maximum Gasteiger partial charge on any atom is 0.222 e. The molecule has 5 atom stereocenters. The van der Waals surface area contributed by atoms with Gasteiger partial charge in [0.05, 0.1) is 13.2 Å². The van der Waals surface area contributed by atoms with Crippen LogP contribution < -0.4 is 9.47 Å². The number of likely N-dealkylation sites (tertiary alicyclic amines) is 1. The van der Waals surface area contributed by atoms with Gasteiger partial charge in [-0.05, 0) is 88.2 Å². The average Bonchev–Trinajstić information content (AvgIpc) is 3.86. The molecule has 48 heavy (non-hydrogen) atoms. The summed E-state index contributed by atoms with van der Waals surface area (Å²) in [6.45, 7) is 5.31. The summed E-state index contributed by atoms with van der Waals surface area (Å²) in [6, 6.07) is 13.1. The quantitative estimate of drug-likeness (QED) is 0.163. The molecule has 1 N–H and O–H groups in total. The number of aryl methyl sites for hydroxylation is 1. The van der Waals surface area contributed by atoms with Crippen molar-refractivity contribution in [1.29, 1.82) is 0 Å². The molecular weight excluding hydrogens is 596 g/mol. The molecule has 6 heteroatoms. The average molecular weight is 657 g/mol. The van der Waals surface area contributed by atoms with Gasteiger partial charge in [-0.2, -0.15) is 0 Å². The number of hydrogen-bond acceptors (Lipinski definition) is 5. The molecule has 6 nitrogen and oxygen atoms in total. The number of amides is 1. The highest BCUT2D eigenvalue weighted by Crippen LogP contribution is 2.66. The molecule has 1 spiro atoms. The van der Waals surface area contributed by atoms with E-state index in [9.17, 15) is 9.90 Å². The van der Waals surface area contributed by atoms with Crippen LogP contribution in [-0.4, -0.2) is 65.7 Å². The first-order valence-corrected chi connectivity index (χ1v) is 19.7. The molecule has 2 bridgehead atoms. The summed E-state index contributed by atoms with van der Waals surface area (Å²) in [7, 11) is 1.68. The molecule has 262 valence electrons. The lowest BCUT2D eigenvalue weighted by atomic mass is 9.50. The fourth-order valence-corrected chi connectivity index (χ4v) is 10.2. The van der Waals surface area contributed by atoms with E-state index in [4.69, 9.17) is 9.47 Å². The molecule has 0 radical (unpaired) electrons. The second kappa shape index (κ2) is 15.0. The van der Waals surface area contributed by atoms with Crippen LogP contribution in [0.3, 0.4) is 0 Å². The standard InChI is InChI=1S/C42H60N2O4/c1-3-4-25-44(38(46)19-15-10-8-6-5-7-9-12-16-30-17-13-11-14-18-30)34-23-22-33-35-27-32-36(45)28-37(47-2)40-39(32)42(33,41(34)48-40)24-26-43(35)29-31-20-21-31/h11,13-14,17-18,28,31,33-35,41,45H,3-10,12,15-16,19-27,29H2,1-2H3/t33-,34+,35+,41-,42-/m0/s1. The van der Waals surface area contributed by atoms with Crippen molar-refractivity contribution in [2.24, 2.45) is 11.8 Å². The second-order valence-electron chi connectivity index (χ2n) is 15.8. The van der Waals surface area contributed by atoms with Crippen molar-refractivity contribution in [2.45, 2.75) is 146 Å². The first kappa shape index (κ1) is 33.8. The highest BCUT2D eigenvalue weighted by Gasteiger charge is 2.67. The van der Waals surface area contributed by atoms with Crippen LogP contribution in [0.2, 0.25) is 0 Å². The molecule has 1 saturated heterocycles. The number of benzene rings is 2. The molecule has 2 heterocycles. The third kappa shape index (κ3) is 6.60. The minimum absolute atomic E-state index is 0.0667. The molecule has 2 aliphatic heterocycles. The Balaban J connectivity index is 0.986. The molecule has 2 aromatic rings. The van der Waals surface area contributed by atoms with Crippen LogP contribution in [0.5, 0.6) is 17.2 Å². The van der Waals surface area contributed by atoms with Crippen molar-refractivity contribution in [3.05, 3.63) is 53.1 Å². The molecular formula is C42H60N2O4. The predicted molar refractivity (Wildman–Crippen MR) is 192 cm³/mol. The van der Waals surface area contributed by atoms with Gasteiger partial charge in [0, 0.05) is 48.2 Å². The van der Waals surface area contributed by atoms with Gasteiger partial charge in [0.15, 0.2) is 11.5 Å².